The molecule has 2 fully saturated rings. The maximum Gasteiger partial charge on any atom is 0.281 e. The molecule has 2 saturated heterocycles. The molecule has 0 aromatic carbocycles. The summed E-state index contributed by atoms with van der Waals surface area (Å²) in [6.07, 6.45) is 3.84. The zero-order valence-electron chi connectivity index (χ0n) is 10.3. The fourth-order valence-electron chi connectivity index (χ4n) is 2.46. The first-order valence-corrected chi connectivity index (χ1v) is 7.46. The number of hydrogen-bond donors (Lipinski definition) is 1. The zero-order chi connectivity index (χ0) is 11.6. The van der Waals surface area contributed by atoms with E-state index in [9.17, 15) is 8.42 Å². The summed E-state index contributed by atoms with van der Waals surface area (Å²) in [4.78, 5) is 0. The van der Waals surface area contributed by atoms with Crippen LogP contribution in [-0.2, 0) is 10.2 Å². The minimum Gasteiger partial charge on any atom is -0.317 e. The molecule has 17 heavy (non-hydrogen) atoms. The summed E-state index contributed by atoms with van der Waals surface area (Å²) in [5.41, 5.74) is 0. The molecular weight excluding hydrogens is 262 g/mol. The van der Waals surface area contributed by atoms with E-state index in [2.05, 4.69) is 5.32 Å². The lowest BCUT2D eigenvalue weighted by Crippen LogP contribution is -2.48. The number of halogens is 1. The predicted molar refractivity (Wildman–Crippen MR) is 70.6 cm³/mol. The second-order valence-electron chi connectivity index (χ2n) is 4.61. The van der Waals surface area contributed by atoms with Crippen molar-refractivity contribution in [3.63, 3.8) is 0 Å². The molecular formula is C10H22ClN3O2S. The van der Waals surface area contributed by atoms with Gasteiger partial charge in [-0.05, 0) is 38.8 Å². The van der Waals surface area contributed by atoms with Gasteiger partial charge in [-0.3, -0.25) is 0 Å². The average Bonchev–Trinajstić information content (AvgIpc) is 2.83. The van der Waals surface area contributed by atoms with Crippen LogP contribution in [0, 0.1) is 0 Å². The van der Waals surface area contributed by atoms with Gasteiger partial charge in [0, 0.05) is 26.2 Å². The predicted octanol–water partition coefficient (Wildman–Crippen LogP) is 0.433. The molecule has 0 aliphatic carbocycles. The topological polar surface area (TPSA) is 52.7 Å². The molecule has 0 aromatic heterocycles. The van der Waals surface area contributed by atoms with Gasteiger partial charge in [-0.15, -0.1) is 12.4 Å². The maximum absolute atomic E-state index is 12.3. The molecule has 7 heteroatoms. The van der Waals surface area contributed by atoms with E-state index in [0.717, 1.165) is 38.8 Å². The van der Waals surface area contributed by atoms with Crippen LogP contribution >= 0.6 is 12.4 Å². The highest BCUT2D eigenvalue weighted by molar-refractivity contribution is 7.86. The van der Waals surface area contributed by atoms with E-state index in [1.54, 1.807) is 15.7 Å². The van der Waals surface area contributed by atoms with Crippen LogP contribution in [0.15, 0.2) is 0 Å². The molecule has 2 rings (SSSR count). The number of piperidine rings is 1. The van der Waals surface area contributed by atoms with Gasteiger partial charge in [0.1, 0.15) is 0 Å². The van der Waals surface area contributed by atoms with Crippen molar-refractivity contribution in [2.24, 2.45) is 0 Å². The Morgan fingerprint density at radius 2 is 1.71 bits per heavy atom. The molecule has 2 heterocycles. The standard InChI is InChI=1S/C10H21N3O2S.ClH/c1-12(10-4-6-11-7-5-10)16(14,15)13-8-2-3-9-13;/h10-11H,2-9H2,1H3;1H. The molecule has 0 saturated carbocycles. The Labute approximate surface area is 110 Å². The summed E-state index contributed by atoms with van der Waals surface area (Å²) in [6.45, 7) is 3.23. The SMILES string of the molecule is CN(C1CCNCC1)S(=O)(=O)N1CCCC1.Cl. The van der Waals surface area contributed by atoms with E-state index in [0.29, 0.717) is 13.1 Å². The highest BCUT2D eigenvalue weighted by atomic mass is 35.5. The molecule has 2 aliphatic heterocycles. The first-order valence-electron chi connectivity index (χ1n) is 6.06. The monoisotopic (exact) mass is 283 g/mol. The van der Waals surface area contributed by atoms with Crippen molar-refractivity contribution in [2.75, 3.05) is 33.2 Å². The molecule has 2 aliphatic rings. The minimum absolute atomic E-state index is 0. The molecule has 0 amide bonds. The first-order chi connectivity index (χ1) is 7.62. The molecule has 0 aromatic rings. The highest BCUT2D eigenvalue weighted by Crippen LogP contribution is 2.20. The number of hydrogen-bond acceptors (Lipinski definition) is 3. The molecule has 1 N–H and O–H groups in total. The van der Waals surface area contributed by atoms with Crippen molar-refractivity contribution in [3.05, 3.63) is 0 Å². The van der Waals surface area contributed by atoms with Crippen molar-refractivity contribution in [1.82, 2.24) is 13.9 Å². The summed E-state index contributed by atoms with van der Waals surface area (Å²) < 4.78 is 27.7. The van der Waals surface area contributed by atoms with Crippen LogP contribution in [0.3, 0.4) is 0 Å². The molecule has 0 radical (unpaired) electrons. The number of rotatable bonds is 3. The third-order valence-electron chi connectivity index (χ3n) is 3.58. The third kappa shape index (κ3) is 3.32. The van der Waals surface area contributed by atoms with Crippen molar-refractivity contribution in [3.8, 4) is 0 Å². The van der Waals surface area contributed by atoms with Crippen LogP contribution in [-0.4, -0.2) is 56.3 Å². The Kier molecular flexibility index (Phi) is 5.66. The Morgan fingerprint density at radius 1 is 1.18 bits per heavy atom. The average molecular weight is 284 g/mol. The lowest BCUT2D eigenvalue weighted by molar-refractivity contribution is 0.278. The van der Waals surface area contributed by atoms with E-state index < -0.39 is 10.2 Å². The summed E-state index contributed by atoms with van der Waals surface area (Å²) >= 11 is 0. The molecule has 102 valence electrons. The second-order valence-corrected chi connectivity index (χ2v) is 6.60. The van der Waals surface area contributed by atoms with E-state index in [1.807, 2.05) is 0 Å². The molecule has 0 unspecified atom stereocenters. The van der Waals surface area contributed by atoms with Crippen LogP contribution in [0.5, 0.6) is 0 Å². The van der Waals surface area contributed by atoms with Gasteiger partial charge < -0.3 is 5.32 Å². The Balaban J connectivity index is 0.00000144. The lowest BCUT2D eigenvalue weighted by atomic mass is 10.1. The van der Waals surface area contributed by atoms with Gasteiger partial charge in [0.15, 0.2) is 0 Å². The second kappa shape index (κ2) is 6.33. The molecule has 0 atom stereocenters. The van der Waals surface area contributed by atoms with Crippen LogP contribution < -0.4 is 5.32 Å². The quantitative estimate of drug-likeness (QED) is 0.817. The van der Waals surface area contributed by atoms with Gasteiger partial charge in [0.2, 0.25) is 0 Å². The smallest absolute Gasteiger partial charge is 0.281 e. The number of nitrogens with one attached hydrogen (secondary N) is 1. The zero-order valence-corrected chi connectivity index (χ0v) is 11.9. The van der Waals surface area contributed by atoms with Gasteiger partial charge in [0.05, 0.1) is 0 Å². The molecule has 5 nitrogen and oxygen atoms in total. The summed E-state index contributed by atoms with van der Waals surface area (Å²) in [5.74, 6) is 0. The third-order valence-corrected chi connectivity index (χ3v) is 5.62. The van der Waals surface area contributed by atoms with Gasteiger partial charge in [-0.25, -0.2) is 0 Å². The molecule has 0 bridgehead atoms. The van der Waals surface area contributed by atoms with E-state index in [4.69, 9.17) is 0 Å². The van der Waals surface area contributed by atoms with Crippen molar-refractivity contribution >= 4 is 22.6 Å². The van der Waals surface area contributed by atoms with Crippen LogP contribution in [0.2, 0.25) is 0 Å². The maximum atomic E-state index is 12.3. The highest BCUT2D eigenvalue weighted by Gasteiger charge is 2.33. The molecule has 0 spiro atoms. The fourth-order valence-corrected chi connectivity index (χ4v) is 4.13. The minimum atomic E-state index is -3.20. The van der Waals surface area contributed by atoms with Gasteiger partial charge in [0.25, 0.3) is 10.2 Å². The van der Waals surface area contributed by atoms with E-state index in [1.165, 1.54) is 0 Å². The van der Waals surface area contributed by atoms with Gasteiger partial charge >= 0.3 is 0 Å². The largest absolute Gasteiger partial charge is 0.317 e. The first kappa shape index (κ1) is 15.2. The Morgan fingerprint density at radius 3 is 2.24 bits per heavy atom. The fraction of sp³-hybridized carbons (Fsp3) is 1.00. The lowest BCUT2D eigenvalue weighted by Gasteiger charge is -2.33. The van der Waals surface area contributed by atoms with Crippen LogP contribution in [0.4, 0.5) is 0 Å². The van der Waals surface area contributed by atoms with E-state index in [-0.39, 0.29) is 18.4 Å². The summed E-state index contributed by atoms with van der Waals surface area (Å²) in [6, 6.07) is 0.173. The van der Waals surface area contributed by atoms with Crippen molar-refractivity contribution in [1.29, 1.82) is 0 Å². The normalized spacial score (nSPS) is 23.9. The van der Waals surface area contributed by atoms with Gasteiger partial charge in [-0.2, -0.15) is 17.0 Å². The summed E-state index contributed by atoms with van der Waals surface area (Å²) in [7, 11) is -1.47. The Bertz CT molecular complexity index is 324. The van der Waals surface area contributed by atoms with Crippen molar-refractivity contribution < 1.29 is 8.42 Å². The Hall–Kier alpha value is 0.120. The van der Waals surface area contributed by atoms with Crippen LogP contribution in [0.1, 0.15) is 25.7 Å². The number of nitrogens with zero attached hydrogens (tertiary/aromatic N) is 2. The van der Waals surface area contributed by atoms with E-state index >= 15 is 0 Å². The summed E-state index contributed by atoms with van der Waals surface area (Å²) in [5, 5.41) is 3.26. The van der Waals surface area contributed by atoms with Crippen molar-refractivity contribution in [2.45, 2.75) is 31.7 Å². The van der Waals surface area contributed by atoms with Crippen LogP contribution in [0.25, 0.3) is 0 Å². The van der Waals surface area contributed by atoms with Gasteiger partial charge in [-0.1, -0.05) is 0 Å².